The smallest absolute Gasteiger partial charge is 0.255 e. The number of amides is 1. The number of anilines is 1. The summed E-state index contributed by atoms with van der Waals surface area (Å²) < 4.78 is 13.1. The van der Waals surface area contributed by atoms with E-state index in [1.165, 1.54) is 12.1 Å². The molecule has 0 saturated carbocycles. The third-order valence-corrected chi connectivity index (χ3v) is 5.85. The lowest BCUT2D eigenvalue weighted by atomic mass is 10.0. The standard InChI is InChI=1S/C27H23FN4O/c1-18-29-14-15-32(18)17-25-11-8-22-16-24(12-13-26(22)30-25)31-27(33)21-4-2-19(3-5-21)20-6-9-23(28)10-7-20/h2-13,16H,14-15,17H2,1H3,(H,31,33). The molecule has 1 aromatic heterocycles. The number of hydrogen-bond donors (Lipinski definition) is 1. The Bertz CT molecular complexity index is 1350. The van der Waals surface area contributed by atoms with E-state index in [0.717, 1.165) is 53.2 Å². The van der Waals surface area contributed by atoms with Crippen molar-refractivity contribution in [2.75, 3.05) is 18.4 Å². The fourth-order valence-corrected chi connectivity index (χ4v) is 3.98. The first-order valence-corrected chi connectivity index (χ1v) is 10.9. The molecule has 0 fully saturated rings. The molecule has 1 aliphatic rings. The Kier molecular flexibility index (Phi) is 5.57. The van der Waals surface area contributed by atoms with Gasteiger partial charge in [0.15, 0.2) is 0 Å². The minimum Gasteiger partial charge on any atom is -0.353 e. The molecule has 0 atom stereocenters. The average molecular weight is 439 g/mol. The van der Waals surface area contributed by atoms with E-state index in [0.29, 0.717) is 11.3 Å². The van der Waals surface area contributed by atoms with Gasteiger partial charge in [0.2, 0.25) is 0 Å². The normalized spacial score (nSPS) is 13.3. The second kappa shape index (κ2) is 8.82. The Labute approximate surface area is 191 Å². The average Bonchev–Trinajstić information content (AvgIpc) is 3.24. The summed E-state index contributed by atoms with van der Waals surface area (Å²) in [5, 5.41) is 3.92. The molecule has 5 nitrogen and oxygen atoms in total. The molecule has 1 N–H and O–H groups in total. The van der Waals surface area contributed by atoms with Crippen LogP contribution in [0.3, 0.4) is 0 Å². The predicted octanol–water partition coefficient (Wildman–Crippen LogP) is 5.53. The highest BCUT2D eigenvalue weighted by Crippen LogP contribution is 2.22. The van der Waals surface area contributed by atoms with Gasteiger partial charge in [0.1, 0.15) is 5.82 Å². The predicted molar refractivity (Wildman–Crippen MR) is 130 cm³/mol. The van der Waals surface area contributed by atoms with Crippen LogP contribution < -0.4 is 5.32 Å². The topological polar surface area (TPSA) is 57.6 Å². The number of aliphatic imine (C=N–C) groups is 1. The number of rotatable bonds is 5. The van der Waals surface area contributed by atoms with E-state index in [1.807, 2.05) is 49.4 Å². The molecule has 0 unspecified atom stereocenters. The van der Waals surface area contributed by atoms with Crippen molar-refractivity contribution in [2.24, 2.45) is 4.99 Å². The summed E-state index contributed by atoms with van der Waals surface area (Å²) in [5.74, 6) is 0.599. The zero-order valence-corrected chi connectivity index (χ0v) is 18.3. The number of halogens is 1. The Balaban J connectivity index is 1.28. The molecule has 5 rings (SSSR count). The van der Waals surface area contributed by atoms with Crippen LogP contribution in [0.25, 0.3) is 22.0 Å². The van der Waals surface area contributed by atoms with Crippen molar-refractivity contribution in [3.63, 3.8) is 0 Å². The van der Waals surface area contributed by atoms with Gasteiger partial charge < -0.3 is 10.2 Å². The first-order valence-electron chi connectivity index (χ1n) is 10.9. The molecule has 6 heteroatoms. The van der Waals surface area contributed by atoms with Crippen LogP contribution in [-0.2, 0) is 6.54 Å². The molecule has 1 aliphatic heterocycles. The van der Waals surface area contributed by atoms with Gasteiger partial charge in [0.25, 0.3) is 5.91 Å². The van der Waals surface area contributed by atoms with Gasteiger partial charge in [-0.25, -0.2) is 4.39 Å². The van der Waals surface area contributed by atoms with Gasteiger partial charge in [-0.3, -0.25) is 14.8 Å². The lowest BCUT2D eigenvalue weighted by molar-refractivity contribution is 0.102. The van der Waals surface area contributed by atoms with Crippen LogP contribution in [0.15, 0.2) is 83.9 Å². The van der Waals surface area contributed by atoms with E-state index in [9.17, 15) is 9.18 Å². The van der Waals surface area contributed by atoms with Crippen LogP contribution in [0.1, 0.15) is 23.0 Å². The maximum absolute atomic E-state index is 13.1. The number of hydrogen-bond acceptors (Lipinski definition) is 4. The lowest BCUT2D eigenvalue weighted by Gasteiger charge is -2.17. The van der Waals surface area contributed by atoms with Crippen molar-refractivity contribution in [1.82, 2.24) is 9.88 Å². The highest BCUT2D eigenvalue weighted by Gasteiger charge is 2.14. The summed E-state index contributed by atoms with van der Waals surface area (Å²) in [7, 11) is 0. The molecule has 33 heavy (non-hydrogen) atoms. The van der Waals surface area contributed by atoms with Gasteiger partial charge >= 0.3 is 0 Å². The Morgan fingerprint density at radius 1 is 0.970 bits per heavy atom. The molecule has 4 aromatic rings. The van der Waals surface area contributed by atoms with Gasteiger partial charge in [-0.05, 0) is 66.6 Å². The maximum Gasteiger partial charge on any atom is 0.255 e. The van der Waals surface area contributed by atoms with E-state index in [4.69, 9.17) is 4.98 Å². The number of carbonyl (C=O) groups excluding carboxylic acids is 1. The molecular weight excluding hydrogens is 415 g/mol. The lowest BCUT2D eigenvalue weighted by Crippen LogP contribution is -2.25. The number of benzene rings is 3. The minimum atomic E-state index is -0.271. The van der Waals surface area contributed by atoms with Crippen molar-refractivity contribution >= 4 is 28.3 Å². The molecule has 2 heterocycles. The number of pyridine rings is 1. The monoisotopic (exact) mass is 438 g/mol. The van der Waals surface area contributed by atoms with Gasteiger partial charge in [0.05, 0.1) is 30.1 Å². The second-order valence-electron chi connectivity index (χ2n) is 8.10. The Morgan fingerprint density at radius 2 is 1.70 bits per heavy atom. The molecule has 0 spiro atoms. The van der Waals surface area contributed by atoms with Gasteiger partial charge in [-0.15, -0.1) is 0 Å². The van der Waals surface area contributed by atoms with E-state index < -0.39 is 0 Å². The fourth-order valence-electron chi connectivity index (χ4n) is 3.98. The first kappa shape index (κ1) is 20.8. The quantitative estimate of drug-likeness (QED) is 0.446. The minimum absolute atomic E-state index is 0.187. The summed E-state index contributed by atoms with van der Waals surface area (Å²) in [6.07, 6.45) is 0. The highest BCUT2D eigenvalue weighted by molar-refractivity contribution is 6.05. The SMILES string of the molecule is CC1=NCCN1Cc1ccc2cc(NC(=O)c3ccc(-c4ccc(F)cc4)cc3)ccc2n1. The van der Waals surface area contributed by atoms with E-state index >= 15 is 0 Å². The van der Waals surface area contributed by atoms with E-state index in [2.05, 4.69) is 15.2 Å². The highest BCUT2D eigenvalue weighted by atomic mass is 19.1. The summed E-state index contributed by atoms with van der Waals surface area (Å²) in [5.41, 5.74) is 4.98. The van der Waals surface area contributed by atoms with Gasteiger partial charge in [0, 0.05) is 23.2 Å². The fraction of sp³-hybridized carbons (Fsp3) is 0.148. The molecule has 164 valence electrons. The van der Waals surface area contributed by atoms with Crippen LogP contribution >= 0.6 is 0 Å². The second-order valence-corrected chi connectivity index (χ2v) is 8.10. The summed E-state index contributed by atoms with van der Waals surface area (Å²) in [4.78, 5) is 24.1. The van der Waals surface area contributed by atoms with Crippen LogP contribution in [-0.4, -0.2) is 34.7 Å². The third-order valence-electron chi connectivity index (χ3n) is 5.85. The van der Waals surface area contributed by atoms with Crippen molar-refractivity contribution in [1.29, 1.82) is 0 Å². The number of aromatic nitrogens is 1. The number of nitrogens with one attached hydrogen (secondary N) is 1. The van der Waals surface area contributed by atoms with E-state index in [-0.39, 0.29) is 11.7 Å². The van der Waals surface area contributed by atoms with Crippen molar-refractivity contribution in [3.8, 4) is 11.1 Å². The Morgan fingerprint density at radius 3 is 2.39 bits per heavy atom. The number of amidine groups is 1. The summed E-state index contributed by atoms with van der Waals surface area (Å²) in [6.45, 7) is 4.55. The molecule has 1 amide bonds. The molecule has 0 radical (unpaired) electrons. The maximum atomic E-state index is 13.1. The summed E-state index contributed by atoms with van der Waals surface area (Å²) in [6, 6.07) is 23.3. The van der Waals surface area contributed by atoms with Crippen molar-refractivity contribution in [2.45, 2.75) is 13.5 Å². The zero-order valence-electron chi connectivity index (χ0n) is 18.3. The Hall–Kier alpha value is -4.06. The third kappa shape index (κ3) is 4.60. The molecular formula is C27H23FN4O. The summed E-state index contributed by atoms with van der Waals surface area (Å²) >= 11 is 0. The number of fused-ring (bicyclic) bond motifs is 1. The first-order chi connectivity index (χ1) is 16.0. The van der Waals surface area contributed by atoms with Crippen LogP contribution in [0, 0.1) is 5.82 Å². The van der Waals surface area contributed by atoms with Crippen LogP contribution in [0.5, 0.6) is 0 Å². The van der Waals surface area contributed by atoms with Crippen molar-refractivity contribution in [3.05, 3.63) is 95.9 Å². The number of carbonyl (C=O) groups is 1. The van der Waals surface area contributed by atoms with Crippen LogP contribution in [0.4, 0.5) is 10.1 Å². The molecule has 0 saturated heterocycles. The largest absolute Gasteiger partial charge is 0.353 e. The van der Waals surface area contributed by atoms with Gasteiger partial charge in [-0.1, -0.05) is 30.3 Å². The van der Waals surface area contributed by atoms with Gasteiger partial charge in [-0.2, -0.15) is 0 Å². The van der Waals surface area contributed by atoms with Crippen LogP contribution in [0.2, 0.25) is 0 Å². The zero-order chi connectivity index (χ0) is 22.8. The molecule has 0 aliphatic carbocycles. The van der Waals surface area contributed by atoms with Crippen molar-refractivity contribution < 1.29 is 9.18 Å². The molecule has 3 aromatic carbocycles. The molecule has 0 bridgehead atoms. The number of nitrogens with zero attached hydrogens (tertiary/aromatic N) is 3. The van der Waals surface area contributed by atoms with E-state index in [1.54, 1.807) is 24.3 Å².